The molecular formula is C18H21F2N3O. The highest BCUT2D eigenvalue weighted by molar-refractivity contribution is 5.79. The number of nitrogens with one attached hydrogen (secondary N) is 2. The Morgan fingerprint density at radius 2 is 1.83 bits per heavy atom. The van der Waals surface area contributed by atoms with Crippen molar-refractivity contribution >= 4 is 5.96 Å². The molecule has 128 valence electrons. The first-order valence-electron chi connectivity index (χ1n) is 7.55. The molecule has 0 atom stereocenters. The third kappa shape index (κ3) is 4.68. The van der Waals surface area contributed by atoms with Crippen molar-refractivity contribution in [3.63, 3.8) is 0 Å². The molecule has 4 nitrogen and oxygen atoms in total. The summed E-state index contributed by atoms with van der Waals surface area (Å²) in [5.74, 6) is 0.421. The van der Waals surface area contributed by atoms with Gasteiger partial charge in [0.15, 0.2) is 5.96 Å². The van der Waals surface area contributed by atoms with Gasteiger partial charge in [-0.15, -0.1) is 0 Å². The molecule has 0 bridgehead atoms. The van der Waals surface area contributed by atoms with Crippen LogP contribution in [0.5, 0.6) is 5.75 Å². The Balaban J connectivity index is 1.93. The minimum atomic E-state index is -0.468. The molecule has 0 aliphatic heterocycles. The Bertz CT molecular complexity index is 732. The smallest absolute Gasteiger partial charge is 0.191 e. The first-order valence-corrected chi connectivity index (χ1v) is 7.55. The van der Waals surface area contributed by atoms with Crippen molar-refractivity contribution in [3.8, 4) is 5.75 Å². The number of ether oxygens (including phenoxy) is 1. The van der Waals surface area contributed by atoms with E-state index in [1.807, 2.05) is 25.1 Å². The maximum Gasteiger partial charge on any atom is 0.191 e. The molecule has 0 saturated heterocycles. The first kappa shape index (κ1) is 17.7. The number of hydrogen-bond donors (Lipinski definition) is 2. The molecule has 0 radical (unpaired) electrons. The van der Waals surface area contributed by atoms with Crippen LogP contribution in [0.2, 0.25) is 0 Å². The van der Waals surface area contributed by atoms with Crippen LogP contribution in [0, 0.1) is 18.6 Å². The molecule has 2 rings (SSSR count). The summed E-state index contributed by atoms with van der Waals surface area (Å²) >= 11 is 0. The minimum absolute atomic E-state index is 0.144. The fourth-order valence-corrected chi connectivity index (χ4v) is 2.31. The standard InChI is InChI=1S/C18H21F2N3O/c1-12-8-13(4-7-17(12)24-3)10-22-18(21-2)23-11-14-9-15(19)5-6-16(14)20/h4-9H,10-11H2,1-3H3,(H2,21,22,23). The van der Waals surface area contributed by atoms with Crippen LogP contribution in [0.25, 0.3) is 0 Å². The van der Waals surface area contributed by atoms with Gasteiger partial charge < -0.3 is 15.4 Å². The lowest BCUT2D eigenvalue weighted by atomic mass is 10.1. The van der Waals surface area contributed by atoms with Crippen LogP contribution in [0.15, 0.2) is 41.4 Å². The van der Waals surface area contributed by atoms with Gasteiger partial charge in [-0.25, -0.2) is 8.78 Å². The van der Waals surface area contributed by atoms with Gasteiger partial charge in [-0.05, 0) is 42.3 Å². The van der Waals surface area contributed by atoms with Gasteiger partial charge in [0.05, 0.1) is 7.11 Å². The van der Waals surface area contributed by atoms with Crippen molar-refractivity contribution in [1.29, 1.82) is 0 Å². The molecular weight excluding hydrogens is 312 g/mol. The average Bonchev–Trinajstić information content (AvgIpc) is 2.58. The van der Waals surface area contributed by atoms with E-state index in [-0.39, 0.29) is 12.1 Å². The zero-order valence-corrected chi connectivity index (χ0v) is 14.0. The first-order chi connectivity index (χ1) is 11.5. The summed E-state index contributed by atoms with van der Waals surface area (Å²) < 4.78 is 32.0. The molecule has 0 aliphatic carbocycles. The Hall–Kier alpha value is -2.63. The number of rotatable bonds is 5. The third-order valence-electron chi connectivity index (χ3n) is 3.60. The lowest BCUT2D eigenvalue weighted by Gasteiger charge is -2.13. The number of guanidine groups is 1. The molecule has 0 amide bonds. The van der Waals surface area contributed by atoms with Crippen molar-refractivity contribution in [2.45, 2.75) is 20.0 Å². The second kappa shape index (κ2) is 8.29. The Morgan fingerprint density at radius 3 is 2.50 bits per heavy atom. The minimum Gasteiger partial charge on any atom is -0.496 e. The van der Waals surface area contributed by atoms with Crippen LogP contribution in [-0.2, 0) is 13.1 Å². The van der Waals surface area contributed by atoms with Gasteiger partial charge in [-0.2, -0.15) is 0 Å². The number of aryl methyl sites for hydroxylation is 1. The number of aliphatic imine (C=N–C) groups is 1. The van der Waals surface area contributed by atoms with E-state index in [0.29, 0.717) is 12.5 Å². The van der Waals surface area contributed by atoms with E-state index in [4.69, 9.17) is 4.74 Å². The summed E-state index contributed by atoms with van der Waals surface area (Å²) in [4.78, 5) is 4.08. The van der Waals surface area contributed by atoms with Gasteiger partial charge in [0, 0.05) is 25.7 Å². The quantitative estimate of drug-likeness (QED) is 0.653. The van der Waals surface area contributed by atoms with Gasteiger partial charge in [-0.1, -0.05) is 12.1 Å². The Morgan fingerprint density at radius 1 is 1.08 bits per heavy atom. The van der Waals surface area contributed by atoms with E-state index in [1.54, 1.807) is 14.2 Å². The monoisotopic (exact) mass is 333 g/mol. The van der Waals surface area contributed by atoms with Crippen LogP contribution in [0.3, 0.4) is 0 Å². The van der Waals surface area contributed by atoms with Gasteiger partial charge in [0.25, 0.3) is 0 Å². The summed E-state index contributed by atoms with van der Waals surface area (Å²) in [5.41, 5.74) is 2.35. The van der Waals surface area contributed by atoms with Crippen LogP contribution in [-0.4, -0.2) is 20.1 Å². The van der Waals surface area contributed by atoms with E-state index in [1.165, 1.54) is 6.07 Å². The highest BCUT2D eigenvalue weighted by atomic mass is 19.1. The molecule has 0 fully saturated rings. The van der Waals surface area contributed by atoms with E-state index < -0.39 is 11.6 Å². The van der Waals surface area contributed by atoms with Crippen molar-refractivity contribution in [1.82, 2.24) is 10.6 Å². The van der Waals surface area contributed by atoms with Crippen LogP contribution >= 0.6 is 0 Å². The Kier molecular flexibility index (Phi) is 6.12. The van der Waals surface area contributed by atoms with Crippen molar-refractivity contribution in [2.75, 3.05) is 14.2 Å². The number of hydrogen-bond acceptors (Lipinski definition) is 2. The SMILES string of the molecule is CN=C(NCc1ccc(OC)c(C)c1)NCc1cc(F)ccc1F. The summed E-state index contributed by atoms with van der Waals surface area (Å²) in [7, 11) is 3.26. The fraction of sp³-hybridized carbons (Fsp3) is 0.278. The van der Waals surface area contributed by atoms with Crippen molar-refractivity contribution in [2.24, 2.45) is 4.99 Å². The molecule has 2 aromatic rings. The van der Waals surface area contributed by atoms with Gasteiger partial charge in [-0.3, -0.25) is 4.99 Å². The van der Waals surface area contributed by atoms with E-state index >= 15 is 0 Å². The molecule has 6 heteroatoms. The number of benzene rings is 2. The molecule has 0 aromatic heterocycles. The van der Waals surface area contributed by atoms with Crippen LogP contribution in [0.1, 0.15) is 16.7 Å². The maximum atomic E-state index is 13.6. The number of nitrogens with zero attached hydrogens (tertiary/aromatic N) is 1. The third-order valence-corrected chi connectivity index (χ3v) is 3.60. The van der Waals surface area contributed by atoms with Crippen molar-refractivity contribution in [3.05, 3.63) is 64.7 Å². The van der Waals surface area contributed by atoms with Gasteiger partial charge in [0.2, 0.25) is 0 Å². The molecule has 2 aromatic carbocycles. The van der Waals surface area contributed by atoms with Crippen LogP contribution < -0.4 is 15.4 Å². The van der Waals surface area contributed by atoms with Crippen LogP contribution in [0.4, 0.5) is 8.78 Å². The number of methoxy groups -OCH3 is 1. The largest absolute Gasteiger partial charge is 0.496 e. The molecule has 0 aliphatic rings. The molecule has 0 spiro atoms. The summed E-state index contributed by atoms with van der Waals surface area (Å²) in [6, 6.07) is 9.26. The van der Waals surface area contributed by atoms with E-state index in [2.05, 4.69) is 15.6 Å². The predicted octanol–water partition coefficient (Wildman–Crippen LogP) is 3.15. The van der Waals surface area contributed by atoms with Gasteiger partial charge >= 0.3 is 0 Å². The topological polar surface area (TPSA) is 45.7 Å². The molecule has 0 heterocycles. The average molecular weight is 333 g/mol. The normalized spacial score (nSPS) is 11.3. The second-order valence-electron chi connectivity index (χ2n) is 5.32. The molecule has 2 N–H and O–H groups in total. The summed E-state index contributed by atoms with van der Waals surface area (Å²) in [5, 5.41) is 6.11. The molecule has 24 heavy (non-hydrogen) atoms. The lowest BCUT2D eigenvalue weighted by Crippen LogP contribution is -2.36. The predicted molar refractivity (Wildman–Crippen MR) is 91.1 cm³/mol. The van der Waals surface area contributed by atoms with E-state index in [0.717, 1.165) is 29.0 Å². The molecule has 0 saturated carbocycles. The second-order valence-corrected chi connectivity index (χ2v) is 5.32. The van der Waals surface area contributed by atoms with Gasteiger partial charge in [0.1, 0.15) is 17.4 Å². The summed E-state index contributed by atoms with van der Waals surface area (Å²) in [6.07, 6.45) is 0. The fourth-order valence-electron chi connectivity index (χ4n) is 2.31. The Labute approximate surface area is 140 Å². The number of halogens is 2. The molecule has 0 unspecified atom stereocenters. The summed E-state index contributed by atoms with van der Waals surface area (Å²) in [6.45, 7) is 2.67. The highest BCUT2D eigenvalue weighted by Gasteiger charge is 2.06. The van der Waals surface area contributed by atoms with E-state index in [9.17, 15) is 8.78 Å². The zero-order valence-electron chi connectivity index (χ0n) is 14.0. The highest BCUT2D eigenvalue weighted by Crippen LogP contribution is 2.18. The van der Waals surface area contributed by atoms with Crippen molar-refractivity contribution < 1.29 is 13.5 Å². The lowest BCUT2D eigenvalue weighted by molar-refractivity contribution is 0.411. The zero-order chi connectivity index (χ0) is 17.5. The maximum absolute atomic E-state index is 13.6.